The Morgan fingerprint density at radius 2 is 1.58 bits per heavy atom. The second-order valence-electron chi connectivity index (χ2n) is 6.77. The topological polar surface area (TPSA) is 38.3 Å². The van der Waals surface area contributed by atoms with Gasteiger partial charge in [0.2, 0.25) is 0 Å². The van der Waals surface area contributed by atoms with Gasteiger partial charge in [-0.25, -0.2) is 0 Å². The van der Waals surface area contributed by atoms with Gasteiger partial charge in [0.1, 0.15) is 5.75 Å². The van der Waals surface area contributed by atoms with Gasteiger partial charge in [0.25, 0.3) is 5.91 Å². The zero-order chi connectivity index (χ0) is 17.7. The van der Waals surface area contributed by atoms with Crippen molar-refractivity contribution in [3.8, 4) is 5.75 Å². The highest BCUT2D eigenvalue weighted by atomic mass is 16.5. The van der Waals surface area contributed by atoms with Crippen molar-refractivity contribution in [1.29, 1.82) is 0 Å². The smallest absolute Gasteiger partial charge is 0.262 e. The van der Waals surface area contributed by atoms with Crippen molar-refractivity contribution in [2.24, 2.45) is 0 Å². The van der Waals surface area contributed by atoms with Gasteiger partial charge >= 0.3 is 0 Å². The lowest BCUT2D eigenvalue weighted by atomic mass is 9.92. The van der Waals surface area contributed by atoms with E-state index in [1.807, 2.05) is 31.2 Å². The van der Waals surface area contributed by atoms with Crippen LogP contribution in [0.4, 0.5) is 5.69 Å². The van der Waals surface area contributed by atoms with Crippen molar-refractivity contribution in [3.63, 3.8) is 0 Å². The number of hydrogen-bond donors (Lipinski definition) is 1. The highest BCUT2D eigenvalue weighted by Crippen LogP contribution is 2.32. The molecule has 0 heterocycles. The van der Waals surface area contributed by atoms with Gasteiger partial charge in [-0.1, -0.05) is 58.0 Å². The molecule has 0 aliphatic carbocycles. The fourth-order valence-corrected chi connectivity index (χ4v) is 2.72. The van der Waals surface area contributed by atoms with Gasteiger partial charge in [-0.3, -0.25) is 4.79 Å². The number of nitrogens with one attached hydrogen (secondary N) is 1. The van der Waals surface area contributed by atoms with E-state index in [9.17, 15) is 4.79 Å². The maximum atomic E-state index is 12.4. The Balaban J connectivity index is 2.13. The Morgan fingerprint density at radius 1 is 1.00 bits per heavy atom. The summed E-state index contributed by atoms with van der Waals surface area (Å²) >= 11 is 0. The number of aryl methyl sites for hydroxylation is 1. The first kappa shape index (κ1) is 18.1. The van der Waals surface area contributed by atoms with Crippen molar-refractivity contribution in [3.05, 3.63) is 59.2 Å². The van der Waals surface area contributed by atoms with Crippen molar-refractivity contribution >= 4 is 11.6 Å². The van der Waals surface area contributed by atoms with E-state index < -0.39 is 0 Å². The second-order valence-corrected chi connectivity index (χ2v) is 6.77. The van der Waals surface area contributed by atoms with Gasteiger partial charge in [0, 0.05) is 5.69 Å². The van der Waals surface area contributed by atoms with Crippen molar-refractivity contribution in [2.75, 3.05) is 11.9 Å². The summed E-state index contributed by atoms with van der Waals surface area (Å²) in [5, 5.41) is 3.06. The molecule has 0 aliphatic heterocycles. The molecule has 0 atom stereocenters. The lowest BCUT2D eigenvalue weighted by Crippen LogP contribution is -2.22. The Bertz CT molecular complexity index is 678. The molecule has 3 heteroatoms. The monoisotopic (exact) mass is 325 g/mol. The molecule has 3 nitrogen and oxygen atoms in total. The molecule has 0 bridgehead atoms. The second kappa shape index (κ2) is 8.00. The van der Waals surface area contributed by atoms with Gasteiger partial charge in [-0.15, -0.1) is 0 Å². The normalized spacial score (nSPS) is 11.0. The summed E-state index contributed by atoms with van der Waals surface area (Å²) in [5.41, 5.74) is 4.36. The van der Waals surface area contributed by atoms with Crippen molar-refractivity contribution in [1.82, 2.24) is 0 Å². The molecule has 0 spiro atoms. The molecule has 0 radical (unpaired) electrons. The number of hydrogen-bond acceptors (Lipinski definition) is 2. The summed E-state index contributed by atoms with van der Waals surface area (Å²) in [5.74, 6) is 1.27. The fraction of sp³-hybridized carbons (Fsp3) is 0.381. The first-order valence-corrected chi connectivity index (χ1v) is 8.50. The Hall–Kier alpha value is -2.29. The van der Waals surface area contributed by atoms with Crippen LogP contribution in [0.15, 0.2) is 42.5 Å². The zero-order valence-electron chi connectivity index (χ0n) is 15.2. The Morgan fingerprint density at radius 3 is 2.12 bits per heavy atom. The Labute approximate surface area is 145 Å². The first-order valence-electron chi connectivity index (χ1n) is 8.50. The molecule has 2 aromatic rings. The third kappa shape index (κ3) is 4.60. The molecule has 0 saturated heterocycles. The van der Waals surface area contributed by atoms with E-state index in [1.165, 1.54) is 0 Å². The van der Waals surface area contributed by atoms with Crippen LogP contribution in [0.5, 0.6) is 5.75 Å². The Kier molecular flexibility index (Phi) is 6.02. The molecule has 128 valence electrons. The fourth-order valence-electron chi connectivity index (χ4n) is 2.72. The van der Waals surface area contributed by atoms with E-state index in [1.54, 1.807) is 0 Å². The number of para-hydroxylation sites is 1. The van der Waals surface area contributed by atoms with Crippen LogP contribution in [0.3, 0.4) is 0 Å². The molecular weight excluding hydrogens is 298 g/mol. The number of anilines is 1. The number of amides is 1. The van der Waals surface area contributed by atoms with Gasteiger partial charge in [0.15, 0.2) is 6.61 Å². The lowest BCUT2D eigenvalue weighted by molar-refractivity contribution is -0.118. The predicted molar refractivity (Wildman–Crippen MR) is 99.9 cm³/mol. The summed E-state index contributed by atoms with van der Waals surface area (Å²) in [7, 11) is 0. The average Bonchev–Trinajstić information content (AvgIpc) is 2.52. The van der Waals surface area contributed by atoms with Crippen LogP contribution in [0.1, 0.15) is 56.2 Å². The van der Waals surface area contributed by atoms with Gasteiger partial charge in [-0.2, -0.15) is 0 Å². The number of rotatable bonds is 6. The van der Waals surface area contributed by atoms with Crippen LogP contribution in [0.2, 0.25) is 0 Å². The molecule has 24 heavy (non-hydrogen) atoms. The van der Waals surface area contributed by atoms with Crippen LogP contribution in [-0.2, 0) is 4.79 Å². The van der Waals surface area contributed by atoms with Gasteiger partial charge < -0.3 is 10.1 Å². The number of benzene rings is 2. The lowest BCUT2D eigenvalue weighted by Gasteiger charge is -2.20. The number of carbonyl (C=O) groups is 1. The molecular formula is C21H27NO2. The molecule has 2 aromatic carbocycles. The van der Waals surface area contributed by atoms with Crippen LogP contribution in [-0.4, -0.2) is 12.5 Å². The van der Waals surface area contributed by atoms with E-state index in [0.717, 1.165) is 22.4 Å². The van der Waals surface area contributed by atoms with E-state index in [4.69, 9.17) is 4.74 Å². The van der Waals surface area contributed by atoms with Crippen LogP contribution < -0.4 is 10.1 Å². The summed E-state index contributed by atoms with van der Waals surface area (Å²) in [6, 6.07) is 13.9. The van der Waals surface area contributed by atoms with Crippen molar-refractivity contribution < 1.29 is 9.53 Å². The molecule has 0 fully saturated rings. The van der Waals surface area contributed by atoms with E-state index in [2.05, 4.69) is 51.2 Å². The third-order valence-corrected chi connectivity index (χ3v) is 4.00. The van der Waals surface area contributed by atoms with E-state index in [-0.39, 0.29) is 12.5 Å². The standard InChI is InChI=1S/C21H27NO2/c1-14(2)18-10-7-11-19(15(3)4)21(18)22-20(23)13-24-17-9-6-8-16(5)12-17/h6-12,14-15H,13H2,1-5H3,(H,22,23). The van der Waals surface area contributed by atoms with E-state index in [0.29, 0.717) is 17.6 Å². The zero-order valence-corrected chi connectivity index (χ0v) is 15.2. The summed E-state index contributed by atoms with van der Waals surface area (Å²) in [6.45, 7) is 10.6. The maximum absolute atomic E-state index is 12.4. The molecule has 0 unspecified atom stereocenters. The highest BCUT2D eigenvalue weighted by molar-refractivity contribution is 5.93. The molecule has 1 N–H and O–H groups in total. The molecule has 1 amide bonds. The summed E-state index contributed by atoms with van der Waals surface area (Å²) in [6.07, 6.45) is 0. The van der Waals surface area contributed by atoms with E-state index >= 15 is 0 Å². The van der Waals surface area contributed by atoms with Crippen molar-refractivity contribution in [2.45, 2.75) is 46.5 Å². The quantitative estimate of drug-likeness (QED) is 0.787. The highest BCUT2D eigenvalue weighted by Gasteiger charge is 2.16. The minimum atomic E-state index is -0.133. The third-order valence-electron chi connectivity index (χ3n) is 4.00. The van der Waals surface area contributed by atoms with Crippen LogP contribution >= 0.6 is 0 Å². The van der Waals surface area contributed by atoms with Crippen LogP contribution in [0.25, 0.3) is 0 Å². The molecule has 0 aliphatic rings. The predicted octanol–water partition coefficient (Wildman–Crippen LogP) is 5.26. The summed E-state index contributed by atoms with van der Waals surface area (Å²) in [4.78, 5) is 12.4. The molecule has 0 saturated carbocycles. The van der Waals surface area contributed by atoms with Gasteiger partial charge in [0.05, 0.1) is 0 Å². The maximum Gasteiger partial charge on any atom is 0.262 e. The average molecular weight is 325 g/mol. The molecule has 0 aromatic heterocycles. The van der Waals surface area contributed by atoms with Crippen LogP contribution in [0, 0.1) is 6.92 Å². The SMILES string of the molecule is Cc1cccc(OCC(=O)Nc2c(C(C)C)cccc2C(C)C)c1. The number of ether oxygens (including phenoxy) is 1. The minimum Gasteiger partial charge on any atom is -0.484 e. The van der Waals surface area contributed by atoms with Gasteiger partial charge in [-0.05, 0) is 47.6 Å². The summed E-state index contributed by atoms with van der Waals surface area (Å²) < 4.78 is 5.61. The molecule has 2 rings (SSSR count). The minimum absolute atomic E-state index is 0.00736. The largest absolute Gasteiger partial charge is 0.484 e. The number of carbonyl (C=O) groups excluding carboxylic acids is 1. The first-order chi connectivity index (χ1) is 11.4.